The van der Waals surface area contributed by atoms with Crippen LogP contribution >= 0.6 is 0 Å². The molecule has 0 aliphatic heterocycles. The minimum atomic E-state index is 0.111. The van der Waals surface area contributed by atoms with E-state index in [2.05, 4.69) is 102 Å². The molecule has 2 aromatic rings. The van der Waals surface area contributed by atoms with Crippen LogP contribution in [0, 0.1) is 6.92 Å². The van der Waals surface area contributed by atoms with Crippen LogP contribution in [0.2, 0.25) is 0 Å². The Hall–Kier alpha value is -2.80. The van der Waals surface area contributed by atoms with Crippen molar-refractivity contribution in [1.29, 1.82) is 0 Å². The standard InChI is InChI=1S/C29H37N.C2H6/c1-10-12-13-20(3)22(5)28-15-14-25(16-21(28)4)23(6)30-27-18-24(11-2)17-26(19-27)29(7,8)9;1-2/h10,12-19,30H,5-6,11H2,1-4,7-9H3;1-2H3/b12-10-,20-13-;. The first kappa shape index (κ1) is 27.2. The van der Waals surface area contributed by atoms with Crippen molar-refractivity contribution >= 4 is 17.0 Å². The number of allylic oxidation sites excluding steroid dienone is 5. The fourth-order valence-electron chi connectivity index (χ4n) is 3.39. The van der Waals surface area contributed by atoms with Gasteiger partial charge in [0, 0.05) is 11.4 Å². The second-order valence-corrected chi connectivity index (χ2v) is 9.01. The highest BCUT2D eigenvalue weighted by Crippen LogP contribution is 2.30. The first-order chi connectivity index (χ1) is 15.1. The first-order valence-electron chi connectivity index (χ1n) is 11.8. The zero-order valence-electron chi connectivity index (χ0n) is 21.8. The predicted molar refractivity (Wildman–Crippen MR) is 147 cm³/mol. The Balaban J connectivity index is 0.00000249. The van der Waals surface area contributed by atoms with Crippen molar-refractivity contribution in [2.75, 3.05) is 5.32 Å². The maximum absolute atomic E-state index is 4.30. The average molecular weight is 430 g/mol. The summed E-state index contributed by atoms with van der Waals surface area (Å²) in [5, 5.41) is 3.53. The molecule has 2 aromatic carbocycles. The van der Waals surface area contributed by atoms with Crippen molar-refractivity contribution in [2.24, 2.45) is 0 Å². The summed E-state index contributed by atoms with van der Waals surface area (Å²) in [4.78, 5) is 0. The topological polar surface area (TPSA) is 12.0 Å². The SMILES string of the molecule is C=C(Nc1cc(CC)cc(C(C)(C)C)c1)c1ccc(C(=C)/C(C)=C\C=C/C)c(C)c1.CC. The molecule has 0 bridgehead atoms. The molecule has 0 heterocycles. The summed E-state index contributed by atoms with van der Waals surface area (Å²) in [5.41, 5.74) is 10.5. The minimum Gasteiger partial charge on any atom is -0.356 e. The Morgan fingerprint density at radius 2 is 1.69 bits per heavy atom. The van der Waals surface area contributed by atoms with Gasteiger partial charge in [0.05, 0.1) is 0 Å². The Bertz CT molecular complexity index is 994. The van der Waals surface area contributed by atoms with Crippen LogP contribution < -0.4 is 5.32 Å². The highest BCUT2D eigenvalue weighted by Gasteiger charge is 2.15. The van der Waals surface area contributed by atoms with Crippen molar-refractivity contribution in [1.82, 2.24) is 0 Å². The van der Waals surface area contributed by atoms with Gasteiger partial charge in [-0.05, 0) is 89.8 Å². The zero-order valence-corrected chi connectivity index (χ0v) is 21.8. The van der Waals surface area contributed by atoms with Crippen LogP contribution in [-0.4, -0.2) is 0 Å². The van der Waals surface area contributed by atoms with E-state index >= 15 is 0 Å². The molecule has 0 spiro atoms. The van der Waals surface area contributed by atoms with E-state index in [9.17, 15) is 0 Å². The molecule has 0 aromatic heterocycles. The molecule has 1 heteroatoms. The van der Waals surface area contributed by atoms with E-state index in [-0.39, 0.29) is 5.41 Å². The number of hydrogen-bond acceptors (Lipinski definition) is 1. The predicted octanol–water partition coefficient (Wildman–Crippen LogP) is 9.50. The summed E-state index contributed by atoms with van der Waals surface area (Å²) in [6, 6.07) is 13.2. The average Bonchev–Trinajstić information content (AvgIpc) is 2.77. The maximum Gasteiger partial charge on any atom is 0.0389 e. The van der Waals surface area contributed by atoms with Gasteiger partial charge >= 0.3 is 0 Å². The van der Waals surface area contributed by atoms with Gasteiger partial charge in [0.25, 0.3) is 0 Å². The highest BCUT2D eigenvalue weighted by molar-refractivity contribution is 5.82. The van der Waals surface area contributed by atoms with Crippen molar-refractivity contribution in [3.05, 3.63) is 101 Å². The van der Waals surface area contributed by atoms with Gasteiger partial charge in [-0.25, -0.2) is 0 Å². The molecule has 0 unspecified atom stereocenters. The lowest BCUT2D eigenvalue weighted by Crippen LogP contribution is -2.12. The molecule has 0 amide bonds. The quantitative estimate of drug-likeness (QED) is 0.432. The summed E-state index contributed by atoms with van der Waals surface area (Å²) >= 11 is 0. The number of nitrogens with one attached hydrogen (secondary N) is 1. The fourth-order valence-corrected chi connectivity index (χ4v) is 3.39. The van der Waals surface area contributed by atoms with Gasteiger partial charge in [0.15, 0.2) is 0 Å². The molecule has 0 aliphatic rings. The van der Waals surface area contributed by atoms with Gasteiger partial charge in [-0.3, -0.25) is 0 Å². The van der Waals surface area contributed by atoms with Gasteiger partial charge in [0.1, 0.15) is 0 Å². The summed E-state index contributed by atoms with van der Waals surface area (Å²) in [6.45, 7) is 27.8. The number of benzene rings is 2. The molecular weight excluding hydrogens is 386 g/mol. The lowest BCUT2D eigenvalue weighted by molar-refractivity contribution is 0.589. The van der Waals surface area contributed by atoms with E-state index in [1.54, 1.807) is 0 Å². The first-order valence-corrected chi connectivity index (χ1v) is 11.8. The smallest absolute Gasteiger partial charge is 0.0389 e. The van der Waals surface area contributed by atoms with Crippen LogP contribution in [-0.2, 0) is 11.8 Å². The van der Waals surface area contributed by atoms with E-state index in [1.165, 1.54) is 27.8 Å². The highest BCUT2D eigenvalue weighted by atomic mass is 14.9. The van der Waals surface area contributed by atoms with Gasteiger partial charge in [0.2, 0.25) is 0 Å². The molecule has 0 fully saturated rings. The Morgan fingerprint density at radius 1 is 1.03 bits per heavy atom. The molecule has 0 radical (unpaired) electrons. The monoisotopic (exact) mass is 429 g/mol. The summed E-state index contributed by atoms with van der Waals surface area (Å²) in [6.07, 6.45) is 7.19. The van der Waals surface area contributed by atoms with Crippen LogP contribution in [0.25, 0.3) is 11.3 Å². The molecule has 32 heavy (non-hydrogen) atoms. The van der Waals surface area contributed by atoms with Crippen molar-refractivity contribution in [2.45, 2.75) is 74.1 Å². The molecule has 0 aliphatic carbocycles. The van der Waals surface area contributed by atoms with E-state index < -0.39 is 0 Å². The number of aryl methyl sites for hydroxylation is 2. The van der Waals surface area contributed by atoms with Crippen LogP contribution in [0.5, 0.6) is 0 Å². The molecule has 0 saturated heterocycles. The molecule has 1 nitrogen and oxygen atoms in total. The van der Waals surface area contributed by atoms with Gasteiger partial charge in [-0.1, -0.05) is 91.1 Å². The van der Waals surface area contributed by atoms with E-state index in [4.69, 9.17) is 0 Å². The Kier molecular flexibility index (Phi) is 10.5. The minimum absolute atomic E-state index is 0.111. The molecule has 1 N–H and O–H groups in total. The lowest BCUT2D eigenvalue weighted by atomic mass is 9.85. The van der Waals surface area contributed by atoms with E-state index in [1.807, 2.05) is 32.9 Å². The number of hydrogen-bond donors (Lipinski definition) is 1. The summed E-state index contributed by atoms with van der Waals surface area (Å²) < 4.78 is 0. The van der Waals surface area contributed by atoms with Crippen molar-refractivity contribution in [3.8, 4) is 0 Å². The maximum atomic E-state index is 4.30. The molecule has 172 valence electrons. The van der Waals surface area contributed by atoms with Gasteiger partial charge in [-0.15, -0.1) is 0 Å². The van der Waals surface area contributed by atoms with Crippen LogP contribution in [0.3, 0.4) is 0 Å². The second-order valence-electron chi connectivity index (χ2n) is 9.01. The third-order valence-corrected chi connectivity index (χ3v) is 5.48. The van der Waals surface area contributed by atoms with E-state index in [0.29, 0.717) is 0 Å². The van der Waals surface area contributed by atoms with E-state index in [0.717, 1.165) is 28.9 Å². The van der Waals surface area contributed by atoms with Crippen LogP contribution in [0.15, 0.2) is 73.4 Å². The molecule has 0 saturated carbocycles. The molecule has 2 rings (SSSR count). The number of rotatable bonds is 7. The van der Waals surface area contributed by atoms with Crippen LogP contribution in [0.1, 0.15) is 83.2 Å². The third kappa shape index (κ3) is 7.41. The van der Waals surface area contributed by atoms with Crippen molar-refractivity contribution < 1.29 is 0 Å². The number of anilines is 1. The van der Waals surface area contributed by atoms with Gasteiger partial charge < -0.3 is 5.32 Å². The third-order valence-electron chi connectivity index (χ3n) is 5.48. The van der Waals surface area contributed by atoms with Crippen molar-refractivity contribution in [3.63, 3.8) is 0 Å². The lowest BCUT2D eigenvalue weighted by Gasteiger charge is -2.22. The summed E-state index contributed by atoms with van der Waals surface area (Å²) in [7, 11) is 0. The van der Waals surface area contributed by atoms with Crippen LogP contribution in [0.4, 0.5) is 5.69 Å². The fraction of sp³-hybridized carbons (Fsp3) is 0.355. The molecule has 0 atom stereocenters. The van der Waals surface area contributed by atoms with Gasteiger partial charge in [-0.2, -0.15) is 0 Å². The zero-order chi connectivity index (χ0) is 24.5. The molecular formula is C31H43N. The largest absolute Gasteiger partial charge is 0.356 e. The Morgan fingerprint density at radius 3 is 2.22 bits per heavy atom. The second kappa shape index (κ2) is 12.3. The Labute approximate surface area is 197 Å². The normalized spacial score (nSPS) is 11.7. The summed E-state index contributed by atoms with van der Waals surface area (Å²) in [5.74, 6) is 0.